The Morgan fingerprint density at radius 2 is 1.95 bits per heavy atom. The minimum Gasteiger partial charge on any atom is -0.371 e. The summed E-state index contributed by atoms with van der Waals surface area (Å²) < 4.78 is 14.0. The van der Waals surface area contributed by atoms with E-state index in [1.54, 1.807) is 7.05 Å². The predicted molar refractivity (Wildman–Crippen MR) is 77.1 cm³/mol. The number of nitrogens with one attached hydrogen (secondary N) is 2. The number of nitrogens with zero attached hydrogens (tertiary/aromatic N) is 1. The minimum atomic E-state index is -0.609. The molecule has 0 bridgehead atoms. The van der Waals surface area contributed by atoms with Gasteiger partial charge in [-0.25, -0.2) is 9.37 Å². The molecule has 0 radical (unpaired) electrons. The van der Waals surface area contributed by atoms with E-state index in [0.29, 0.717) is 12.5 Å². The summed E-state index contributed by atoms with van der Waals surface area (Å²) >= 11 is 0. The zero-order chi connectivity index (χ0) is 15.1. The highest BCUT2D eigenvalue weighted by Crippen LogP contribution is 2.67. The van der Waals surface area contributed by atoms with E-state index in [1.165, 1.54) is 12.3 Å². The number of amides is 1. The van der Waals surface area contributed by atoms with Gasteiger partial charge in [-0.05, 0) is 22.8 Å². The minimum absolute atomic E-state index is 0.0283. The molecule has 1 aromatic heterocycles. The molecule has 1 aliphatic rings. The van der Waals surface area contributed by atoms with Gasteiger partial charge in [0.25, 0.3) is 5.91 Å². The third-order valence-corrected chi connectivity index (χ3v) is 5.16. The average Bonchev–Trinajstić information content (AvgIpc) is 2.77. The van der Waals surface area contributed by atoms with Crippen LogP contribution >= 0.6 is 0 Å². The van der Waals surface area contributed by atoms with Crippen molar-refractivity contribution in [2.24, 2.45) is 16.7 Å². The fraction of sp³-hybridized carbons (Fsp3) is 0.600. The molecule has 0 unspecified atom stereocenters. The van der Waals surface area contributed by atoms with Crippen molar-refractivity contribution in [1.29, 1.82) is 0 Å². The Morgan fingerprint density at radius 3 is 2.45 bits per heavy atom. The maximum Gasteiger partial charge on any atom is 0.254 e. The van der Waals surface area contributed by atoms with Crippen molar-refractivity contribution in [1.82, 2.24) is 10.3 Å². The highest BCUT2D eigenvalue weighted by molar-refractivity contribution is 5.95. The van der Waals surface area contributed by atoms with Crippen LogP contribution in [-0.4, -0.2) is 24.5 Å². The van der Waals surface area contributed by atoms with Crippen molar-refractivity contribution in [3.05, 3.63) is 23.6 Å². The van der Waals surface area contributed by atoms with Crippen molar-refractivity contribution in [2.75, 3.05) is 18.9 Å². The van der Waals surface area contributed by atoms with Crippen LogP contribution in [0.3, 0.4) is 0 Å². The molecule has 1 aliphatic carbocycles. The lowest BCUT2D eigenvalue weighted by molar-refractivity contribution is 0.0946. The summed E-state index contributed by atoms with van der Waals surface area (Å²) in [6.07, 6.45) is 1.43. The van der Waals surface area contributed by atoms with Gasteiger partial charge < -0.3 is 10.6 Å². The Labute approximate surface area is 119 Å². The highest BCUT2D eigenvalue weighted by Gasteiger charge is 2.64. The van der Waals surface area contributed by atoms with Crippen molar-refractivity contribution in [3.63, 3.8) is 0 Å². The molecule has 0 aliphatic heterocycles. The van der Waals surface area contributed by atoms with Gasteiger partial charge in [-0.2, -0.15) is 0 Å². The van der Waals surface area contributed by atoms with Gasteiger partial charge in [-0.1, -0.05) is 27.7 Å². The monoisotopic (exact) mass is 279 g/mol. The molecule has 2 rings (SSSR count). The molecule has 0 saturated heterocycles. The number of anilines is 1. The van der Waals surface area contributed by atoms with E-state index in [2.05, 4.69) is 43.3 Å². The lowest BCUT2D eigenvalue weighted by Gasteiger charge is -2.09. The largest absolute Gasteiger partial charge is 0.371 e. The van der Waals surface area contributed by atoms with Crippen molar-refractivity contribution >= 4 is 11.7 Å². The summed E-state index contributed by atoms with van der Waals surface area (Å²) in [7, 11) is 1.57. The van der Waals surface area contributed by atoms with E-state index in [0.717, 1.165) is 0 Å². The van der Waals surface area contributed by atoms with Gasteiger partial charge >= 0.3 is 0 Å². The zero-order valence-corrected chi connectivity index (χ0v) is 12.7. The van der Waals surface area contributed by atoms with Crippen LogP contribution in [0.15, 0.2) is 12.3 Å². The van der Waals surface area contributed by atoms with E-state index in [-0.39, 0.29) is 28.1 Å². The third kappa shape index (κ3) is 2.15. The van der Waals surface area contributed by atoms with Crippen molar-refractivity contribution < 1.29 is 9.18 Å². The van der Waals surface area contributed by atoms with Gasteiger partial charge in [-0.3, -0.25) is 4.79 Å². The van der Waals surface area contributed by atoms with Crippen LogP contribution in [0.25, 0.3) is 0 Å². The van der Waals surface area contributed by atoms with Gasteiger partial charge in [0, 0.05) is 19.8 Å². The van der Waals surface area contributed by atoms with Crippen molar-refractivity contribution in [3.8, 4) is 0 Å². The van der Waals surface area contributed by atoms with Gasteiger partial charge in [0.2, 0.25) is 0 Å². The van der Waals surface area contributed by atoms with Gasteiger partial charge in [0.15, 0.2) is 11.6 Å². The van der Waals surface area contributed by atoms with Gasteiger partial charge in [0.05, 0.1) is 5.56 Å². The first kappa shape index (κ1) is 14.8. The number of aromatic nitrogens is 1. The molecule has 1 heterocycles. The second-order valence-electron chi connectivity index (χ2n) is 6.48. The number of carbonyl (C=O) groups excluding carboxylic acids is 1. The molecule has 2 N–H and O–H groups in total. The molecule has 5 heteroatoms. The molecule has 1 fully saturated rings. The molecular formula is C15H22FN3O. The third-order valence-electron chi connectivity index (χ3n) is 5.16. The lowest BCUT2D eigenvalue weighted by Crippen LogP contribution is -2.28. The lowest BCUT2D eigenvalue weighted by atomic mass is 10.0. The van der Waals surface area contributed by atoms with Crippen LogP contribution < -0.4 is 10.6 Å². The Bertz CT molecular complexity index is 526. The quantitative estimate of drug-likeness (QED) is 0.891. The molecule has 0 aromatic carbocycles. The van der Waals surface area contributed by atoms with Crippen LogP contribution in [0.1, 0.15) is 38.1 Å². The molecule has 0 atom stereocenters. The van der Waals surface area contributed by atoms with Gasteiger partial charge in [0.1, 0.15) is 0 Å². The smallest absolute Gasteiger partial charge is 0.254 e. The summed E-state index contributed by atoms with van der Waals surface area (Å²) in [5.41, 5.74) is 0.432. The fourth-order valence-electron chi connectivity index (χ4n) is 2.93. The number of hydrogen-bond acceptors (Lipinski definition) is 3. The fourth-order valence-corrected chi connectivity index (χ4v) is 2.93. The Morgan fingerprint density at radius 1 is 1.35 bits per heavy atom. The van der Waals surface area contributed by atoms with Crippen LogP contribution in [0.5, 0.6) is 0 Å². The predicted octanol–water partition coefficient (Wildman–Crippen LogP) is 2.67. The van der Waals surface area contributed by atoms with E-state index < -0.39 is 5.82 Å². The van der Waals surface area contributed by atoms with E-state index >= 15 is 0 Å². The van der Waals surface area contributed by atoms with E-state index in [1.807, 2.05) is 0 Å². The Hall–Kier alpha value is -1.65. The number of pyridine rings is 1. The molecule has 1 saturated carbocycles. The Balaban J connectivity index is 2.04. The summed E-state index contributed by atoms with van der Waals surface area (Å²) in [4.78, 5) is 15.9. The molecule has 1 aromatic rings. The van der Waals surface area contributed by atoms with E-state index in [9.17, 15) is 9.18 Å². The highest BCUT2D eigenvalue weighted by atomic mass is 19.1. The number of halogens is 1. The number of hydrogen-bond donors (Lipinski definition) is 2. The second kappa shape index (κ2) is 4.72. The SMILES string of the molecule is CNc1nccc(C(=O)NCC2C(C)(C)C2(C)C)c1F. The van der Waals surface area contributed by atoms with Crippen molar-refractivity contribution in [2.45, 2.75) is 27.7 Å². The van der Waals surface area contributed by atoms with Crippen LogP contribution in [0.4, 0.5) is 10.2 Å². The second-order valence-corrected chi connectivity index (χ2v) is 6.48. The number of rotatable bonds is 4. The summed E-state index contributed by atoms with van der Waals surface area (Å²) in [6, 6.07) is 1.40. The first-order chi connectivity index (χ1) is 9.23. The molecular weight excluding hydrogens is 257 g/mol. The first-order valence-corrected chi connectivity index (χ1v) is 6.84. The summed E-state index contributed by atoms with van der Waals surface area (Å²) in [5, 5.41) is 5.46. The van der Waals surface area contributed by atoms with Crippen LogP contribution in [-0.2, 0) is 0 Å². The maximum atomic E-state index is 14.0. The topological polar surface area (TPSA) is 54.0 Å². The normalized spacial score (nSPS) is 19.5. The number of carbonyl (C=O) groups is 1. The molecule has 0 spiro atoms. The Kier molecular flexibility index (Phi) is 3.48. The summed E-state index contributed by atoms with van der Waals surface area (Å²) in [6.45, 7) is 9.33. The van der Waals surface area contributed by atoms with Gasteiger partial charge in [-0.15, -0.1) is 0 Å². The first-order valence-electron chi connectivity index (χ1n) is 6.84. The molecule has 4 nitrogen and oxygen atoms in total. The summed E-state index contributed by atoms with van der Waals surface area (Å²) in [5.74, 6) is -0.501. The standard InChI is InChI=1S/C15H22FN3O/c1-14(2)10(15(14,3)4)8-19-13(20)9-6-7-18-12(17-5)11(9)16/h6-7,10H,8H2,1-5H3,(H,17,18)(H,19,20). The zero-order valence-electron chi connectivity index (χ0n) is 12.7. The van der Waals surface area contributed by atoms with Crippen LogP contribution in [0.2, 0.25) is 0 Å². The average molecular weight is 279 g/mol. The molecule has 110 valence electrons. The maximum absolute atomic E-state index is 14.0. The van der Waals surface area contributed by atoms with E-state index in [4.69, 9.17) is 0 Å². The molecule has 1 amide bonds. The van der Waals surface area contributed by atoms with Crippen LogP contribution in [0, 0.1) is 22.6 Å². The molecule has 20 heavy (non-hydrogen) atoms.